The molecule has 0 spiro atoms. The second-order valence-electron chi connectivity index (χ2n) is 7.22. The monoisotopic (exact) mass is 481 g/mol. The van der Waals surface area contributed by atoms with Crippen LogP contribution < -0.4 is 15.4 Å². The summed E-state index contributed by atoms with van der Waals surface area (Å²) >= 11 is 7.32. The molecule has 32 heavy (non-hydrogen) atoms. The first-order chi connectivity index (χ1) is 15.3. The number of hydrogen-bond acceptors (Lipinski definition) is 5. The van der Waals surface area contributed by atoms with Gasteiger partial charge in [0.25, 0.3) is 5.91 Å². The summed E-state index contributed by atoms with van der Waals surface area (Å²) in [6.07, 6.45) is -2.03. The first-order valence-corrected chi connectivity index (χ1v) is 11.0. The number of ether oxygens (including phenoxy) is 1. The average molecular weight is 482 g/mol. The molecule has 0 saturated carbocycles. The van der Waals surface area contributed by atoms with Crippen LogP contribution in [-0.2, 0) is 19.0 Å². The van der Waals surface area contributed by atoms with E-state index in [1.54, 1.807) is 7.11 Å². The third-order valence-corrected chi connectivity index (χ3v) is 6.62. The lowest BCUT2D eigenvalue weighted by atomic mass is 9.91. The van der Waals surface area contributed by atoms with Crippen molar-refractivity contribution in [2.45, 2.75) is 19.0 Å². The van der Waals surface area contributed by atoms with Gasteiger partial charge in [0.05, 0.1) is 22.6 Å². The number of pyridine rings is 1. The zero-order valence-electron chi connectivity index (χ0n) is 17.0. The SMILES string of the molecule is COc1ccc2c(c1)CCc1cc(C(=O)NCCNc3ncc(C(F)(F)F)cc3Cl)sc1-2. The first kappa shape index (κ1) is 22.4. The summed E-state index contributed by atoms with van der Waals surface area (Å²) in [7, 11) is 1.64. The number of aromatic nitrogens is 1. The van der Waals surface area contributed by atoms with Gasteiger partial charge in [-0.25, -0.2) is 4.98 Å². The van der Waals surface area contributed by atoms with E-state index in [1.807, 2.05) is 24.3 Å². The van der Waals surface area contributed by atoms with Gasteiger partial charge in [0.2, 0.25) is 0 Å². The number of thiophene rings is 1. The van der Waals surface area contributed by atoms with Crippen molar-refractivity contribution < 1.29 is 22.7 Å². The number of carbonyl (C=O) groups is 1. The molecule has 3 aromatic rings. The molecular formula is C22H19ClF3N3O2S. The maximum absolute atomic E-state index is 12.7. The van der Waals surface area contributed by atoms with Crippen molar-refractivity contribution in [1.29, 1.82) is 0 Å². The Labute approximate surface area is 191 Å². The van der Waals surface area contributed by atoms with Crippen LogP contribution in [0, 0.1) is 0 Å². The third kappa shape index (κ3) is 4.68. The lowest BCUT2D eigenvalue weighted by Gasteiger charge is -2.16. The molecule has 0 aliphatic heterocycles. The van der Waals surface area contributed by atoms with E-state index in [1.165, 1.54) is 16.9 Å². The number of fused-ring (bicyclic) bond motifs is 3. The number of aryl methyl sites for hydroxylation is 2. The minimum Gasteiger partial charge on any atom is -0.497 e. The number of alkyl halides is 3. The molecule has 4 rings (SSSR count). The van der Waals surface area contributed by atoms with Crippen LogP contribution in [0.2, 0.25) is 5.02 Å². The molecular weight excluding hydrogens is 463 g/mol. The van der Waals surface area contributed by atoms with Gasteiger partial charge in [0.15, 0.2) is 0 Å². The Bertz CT molecular complexity index is 1160. The fourth-order valence-electron chi connectivity index (χ4n) is 3.52. The second-order valence-corrected chi connectivity index (χ2v) is 8.68. The Morgan fingerprint density at radius 2 is 1.97 bits per heavy atom. The predicted octanol–water partition coefficient (Wildman–Crippen LogP) is 5.43. The second kappa shape index (κ2) is 8.99. The number of hydrogen-bond donors (Lipinski definition) is 2. The molecule has 5 nitrogen and oxygen atoms in total. The van der Waals surface area contributed by atoms with Gasteiger partial charge in [-0.1, -0.05) is 11.6 Å². The zero-order chi connectivity index (χ0) is 22.9. The largest absolute Gasteiger partial charge is 0.497 e. The lowest BCUT2D eigenvalue weighted by molar-refractivity contribution is -0.137. The van der Waals surface area contributed by atoms with Gasteiger partial charge in [-0.2, -0.15) is 13.2 Å². The number of halogens is 4. The normalized spacial score (nSPS) is 12.7. The fraction of sp³-hybridized carbons (Fsp3) is 0.273. The van der Waals surface area contributed by atoms with E-state index in [9.17, 15) is 18.0 Å². The highest BCUT2D eigenvalue weighted by atomic mass is 35.5. The molecule has 0 bridgehead atoms. The van der Waals surface area contributed by atoms with Crippen molar-refractivity contribution in [3.63, 3.8) is 0 Å². The minimum atomic E-state index is -4.50. The molecule has 1 aliphatic rings. The molecule has 2 heterocycles. The summed E-state index contributed by atoms with van der Waals surface area (Å²) in [5.74, 6) is 0.747. The molecule has 168 valence electrons. The Balaban J connectivity index is 1.35. The van der Waals surface area contributed by atoms with Crippen molar-refractivity contribution >= 4 is 34.7 Å². The van der Waals surface area contributed by atoms with Crippen molar-refractivity contribution in [3.8, 4) is 16.2 Å². The van der Waals surface area contributed by atoms with Crippen LogP contribution in [0.3, 0.4) is 0 Å². The van der Waals surface area contributed by atoms with Crippen molar-refractivity contribution in [2.75, 3.05) is 25.5 Å². The highest BCUT2D eigenvalue weighted by Crippen LogP contribution is 2.40. The minimum absolute atomic E-state index is 0.132. The van der Waals surface area contributed by atoms with Gasteiger partial charge < -0.3 is 15.4 Å². The van der Waals surface area contributed by atoms with Crippen LogP contribution in [0.4, 0.5) is 19.0 Å². The number of amides is 1. The van der Waals surface area contributed by atoms with E-state index >= 15 is 0 Å². The van der Waals surface area contributed by atoms with Crippen LogP contribution in [0.1, 0.15) is 26.4 Å². The van der Waals surface area contributed by atoms with Gasteiger partial charge in [0.1, 0.15) is 11.6 Å². The van der Waals surface area contributed by atoms with Gasteiger partial charge >= 0.3 is 6.18 Å². The number of carbonyl (C=O) groups excluding carboxylic acids is 1. The topological polar surface area (TPSA) is 63.2 Å². The van der Waals surface area contributed by atoms with E-state index in [0.29, 0.717) is 4.88 Å². The molecule has 0 unspecified atom stereocenters. The van der Waals surface area contributed by atoms with E-state index < -0.39 is 11.7 Å². The number of anilines is 1. The number of nitrogens with one attached hydrogen (secondary N) is 2. The molecule has 10 heteroatoms. The zero-order valence-corrected chi connectivity index (χ0v) is 18.5. The van der Waals surface area contributed by atoms with Crippen LogP contribution in [0.25, 0.3) is 10.4 Å². The van der Waals surface area contributed by atoms with Crippen molar-refractivity contribution in [1.82, 2.24) is 10.3 Å². The molecule has 1 amide bonds. The third-order valence-electron chi connectivity index (χ3n) is 5.13. The quantitative estimate of drug-likeness (QED) is 0.461. The Kier molecular flexibility index (Phi) is 6.30. The van der Waals surface area contributed by atoms with Crippen LogP contribution in [0.15, 0.2) is 36.5 Å². The van der Waals surface area contributed by atoms with E-state index in [-0.39, 0.29) is 29.8 Å². The number of methoxy groups -OCH3 is 1. The number of nitrogens with zero attached hydrogens (tertiary/aromatic N) is 1. The molecule has 0 fully saturated rings. The standard InChI is InChI=1S/C22H19ClF3N3O2S/c1-31-15-4-5-16-12(8-15)2-3-13-9-18(32-19(13)16)21(30)28-7-6-27-20-17(23)10-14(11-29-20)22(24,25)26/h4-5,8-11H,2-3,6-7H2,1H3,(H,27,29)(H,28,30). The van der Waals surface area contributed by atoms with E-state index in [4.69, 9.17) is 16.3 Å². The van der Waals surface area contributed by atoms with Gasteiger partial charge in [-0.15, -0.1) is 11.3 Å². The first-order valence-electron chi connectivity index (χ1n) is 9.81. The summed E-state index contributed by atoms with van der Waals surface area (Å²) in [6.45, 7) is 0.520. The summed E-state index contributed by atoms with van der Waals surface area (Å²) in [6, 6.07) is 8.71. The fourth-order valence-corrected chi connectivity index (χ4v) is 4.94. The van der Waals surface area contributed by atoms with Gasteiger partial charge in [0, 0.05) is 24.2 Å². The molecule has 0 radical (unpaired) electrons. The van der Waals surface area contributed by atoms with Gasteiger partial charge in [-0.3, -0.25) is 4.79 Å². The Morgan fingerprint density at radius 3 is 2.69 bits per heavy atom. The summed E-state index contributed by atoms with van der Waals surface area (Å²) in [4.78, 5) is 18.0. The summed E-state index contributed by atoms with van der Waals surface area (Å²) < 4.78 is 43.4. The maximum atomic E-state index is 12.7. The summed E-state index contributed by atoms with van der Waals surface area (Å²) in [5, 5.41) is 5.52. The average Bonchev–Trinajstić information content (AvgIpc) is 3.21. The molecule has 1 aromatic carbocycles. The van der Waals surface area contributed by atoms with Crippen LogP contribution in [0.5, 0.6) is 5.75 Å². The maximum Gasteiger partial charge on any atom is 0.417 e. The molecule has 2 N–H and O–H groups in total. The molecule has 2 aromatic heterocycles. The smallest absolute Gasteiger partial charge is 0.417 e. The molecule has 0 atom stereocenters. The highest BCUT2D eigenvalue weighted by Gasteiger charge is 2.31. The van der Waals surface area contributed by atoms with E-state index in [0.717, 1.165) is 46.9 Å². The molecule has 1 aliphatic carbocycles. The lowest BCUT2D eigenvalue weighted by Crippen LogP contribution is -2.28. The number of rotatable bonds is 6. The van der Waals surface area contributed by atoms with Gasteiger partial charge in [-0.05, 0) is 59.9 Å². The Morgan fingerprint density at radius 1 is 1.19 bits per heavy atom. The van der Waals surface area contributed by atoms with Crippen molar-refractivity contribution in [2.24, 2.45) is 0 Å². The summed E-state index contributed by atoms with van der Waals surface area (Å²) in [5.41, 5.74) is 2.57. The van der Waals surface area contributed by atoms with Crippen molar-refractivity contribution in [3.05, 3.63) is 63.1 Å². The Hall–Kier alpha value is -2.78. The molecule has 0 saturated heterocycles. The van der Waals surface area contributed by atoms with Crippen LogP contribution in [-0.4, -0.2) is 31.1 Å². The highest BCUT2D eigenvalue weighted by molar-refractivity contribution is 7.17. The predicted molar refractivity (Wildman–Crippen MR) is 119 cm³/mol. The number of benzene rings is 1. The van der Waals surface area contributed by atoms with E-state index in [2.05, 4.69) is 15.6 Å². The van der Waals surface area contributed by atoms with Crippen LogP contribution >= 0.6 is 22.9 Å².